The molecule has 3 nitrogen and oxygen atoms in total. The summed E-state index contributed by atoms with van der Waals surface area (Å²) < 4.78 is 1.82. The number of rotatable bonds is 2. The Morgan fingerprint density at radius 3 is 2.73 bits per heavy atom. The van der Waals surface area contributed by atoms with E-state index in [9.17, 15) is 0 Å². The summed E-state index contributed by atoms with van der Waals surface area (Å²) in [5, 5.41) is 4.23. The summed E-state index contributed by atoms with van der Waals surface area (Å²) in [5.74, 6) is 0.747. The molecule has 15 heavy (non-hydrogen) atoms. The van der Waals surface area contributed by atoms with Gasteiger partial charge < -0.3 is 5.73 Å². The molecule has 0 saturated carbocycles. The van der Waals surface area contributed by atoms with E-state index in [0.717, 1.165) is 17.9 Å². The lowest BCUT2D eigenvalue weighted by molar-refractivity contribution is 0.696. The van der Waals surface area contributed by atoms with Gasteiger partial charge in [0, 0.05) is 5.56 Å². The zero-order chi connectivity index (χ0) is 10.8. The number of hydrogen-bond acceptors (Lipinski definition) is 2. The molecule has 1 aromatic carbocycles. The third-order valence-electron chi connectivity index (χ3n) is 2.49. The Balaban J connectivity index is 2.26. The topological polar surface area (TPSA) is 43.8 Å². The lowest BCUT2D eigenvalue weighted by atomic mass is 10.1. The number of hydrogen-bond donors (Lipinski definition) is 1. The van der Waals surface area contributed by atoms with Crippen molar-refractivity contribution in [3.05, 3.63) is 47.2 Å². The van der Waals surface area contributed by atoms with Crippen LogP contribution in [0.25, 0.3) is 0 Å². The molecule has 0 atom stereocenters. The van der Waals surface area contributed by atoms with E-state index >= 15 is 0 Å². The Bertz CT molecular complexity index is 471. The number of benzene rings is 1. The van der Waals surface area contributed by atoms with Crippen LogP contribution in [0.15, 0.2) is 30.5 Å². The van der Waals surface area contributed by atoms with Crippen LogP contribution in [0.5, 0.6) is 0 Å². The zero-order valence-corrected chi connectivity index (χ0v) is 9.07. The second kappa shape index (κ2) is 3.77. The van der Waals surface area contributed by atoms with Gasteiger partial charge in [-0.1, -0.05) is 29.8 Å². The van der Waals surface area contributed by atoms with Crippen molar-refractivity contribution in [3.8, 4) is 0 Å². The molecule has 0 aliphatic rings. The van der Waals surface area contributed by atoms with E-state index in [2.05, 4.69) is 36.3 Å². The van der Waals surface area contributed by atoms with E-state index < -0.39 is 0 Å². The maximum Gasteiger partial charge on any atom is 0.124 e. The van der Waals surface area contributed by atoms with Crippen LogP contribution in [0, 0.1) is 13.8 Å². The first-order valence-electron chi connectivity index (χ1n) is 5.00. The highest BCUT2D eigenvalue weighted by atomic mass is 15.3. The van der Waals surface area contributed by atoms with Gasteiger partial charge in [-0.3, -0.25) is 0 Å². The molecule has 2 aromatic rings. The molecule has 0 aliphatic heterocycles. The highest BCUT2D eigenvalue weighted by Crippen LogP contribution is 2.12. The average molecular weight is 201 g/mol. The number of nitrogens with two attached hydrogens (primary N) is 1. The van der Waals surface area contributed by atoms with Crippen molar-refractivity contribution in [1.29, 1.82) is 0 Å². The summed E-state index contributed by atoms with van der Waals surface area (Å²) in [4.78, 5) is 0. The number of aryl methyl sites for hydroxylation is 2. The van der Waals surface area contributed by atoms with Gasteiger partial charge in [0.1, 0.15) is 5.82 Å². The molecule has 0 bridgehead atoms. The minimum Gasteiger partial charge on any atom is -0.384 e. The first-order valence-corrected chi connectivity index (χ1v) is 5.00. The normalized spacial score (nSPS) is 10.5. The van der Waals surface area contributed by atoms with E-state index in [1.807, 2.05) is 11.6 Å². The Hall–Kier alpha value is -1.77. The van der Waals surface area contributed by atoms with Gasteiger partial charge in [0.05, 0.1) is 12.7 Å². The van der Waals surface area contributed by atoms with Crippen molar-refractivity contribution in [3.63, 3.8) is 0 Å². The summed E-state index contributed by atoms with van der Waals surface area (Å²) in [6, 6.07) is 8.37. The molecule has 0 spiro atoms. The van der Waals surface area contributed by atoms with Gasteiger partial charge in [-0.2, -0.15) is 5.10 Å². The average Bonchev–Trinajstić information content (AvgIpc) is 2.50. The summed E-state index contributed by atoms with van der Waals surface area (Å²) >= 11 is 0. The number of aromatic nitrogens is 2. The predicted octanol–water partition coefficient (Wildman–Crippen LogP) is 2.13. The van der Waals surface area contributed by atoms with Crippen molar-refractivity contribution in [1.82, 2.24) is 9.78 Å². The van der Waals surface area contributed by atoms with Gasteiger partial charge >= 0.3 is 0 Å². The molecule has 0 saturated heterocycles. The van der Waals surface area contributed by atoms with E-state index in [4.69, 9.17) is 5.73 Å². The van der Waals surface area contributed by atoms with Gasteiger partial charge in [0.15, 0.2) is 0 Å². The molecule has 0 unspecified atom stereocenters. The highest BCUT2D eigenvalue weighted by molar-refractivity contribution is 5.38. The van der Waals surface area contributed by atoms with Gasteiger partial charge in [-0.15, -0.1) is 0 Å². The lowest BCUT2D eigenvalue weighted by Gasteiger charge is -2.05. The third-order valence-corrected chi connectivity index (χ3v) is 2.49. The maximum absolute atomic E-state index is 5.89. The molecular formula is C12H15N3. The largest absolute Gasteiger partial charge is 0.384 e. The zero-order valence-electron chi connectivity index (χ0n) is 9.07. The summed E-state index contributed by atoms with van der Waals surface area (Å²) in [7, 11) is 0. The highest BCUT2D eigenvalue weighted by Gasteiger charge is 2.03. The first-order chi connectivity index (χ1) is 7.16. The Kier molecular flexibility index (Phi) is 2.46. The molecule has 0 fully saturated rings. The van der Waals surface area contributed by atoms with Crippen molar-refractivity contribution in [2.75, 3.05) is 5.73 Å². The van der Waals surface area contributed by atoms with Crippen LogP contribution in [-0.2, 0) is 6.54 Å². The fraction of sp³-hybridized carbons (Fsp3) is 0.250. The minimum atomic E-state index is 0.737. The quantitative estimate of drug-likeness (QED) is 0.808. The lowest BCUT2D eigenvalue weighted by Crippen LogP contribution is -2.06. The second-order valence-corrected chi connectivity index (χ2v) is 3.86. The number of nitrogens with zero attached hydrogens (tertiary/aromatic N) is 2. The van der Waals surface area contributed by atoms with E-state index in [0.29, 0.717) is 0 Å². The Labute approximate surface area is 89.5 Å². The summed E-state index contributed by atoms with van der Waals surface area (Å²) in [6.45, 7) is 4.79. The monoisotopic (exact) mass is 201 g/mol. The molecule has 3 heteroatoms. The first kappa shape index (κ1) is 9.77. The smallest absolute Gasteiger partial charge is 0.124 e. The molecule has 2 rings (SSSR count). The van der Waals surface area contributed by atoms with Crippen molar-refractivity contribution in [2.45, 2.75) is 20.4 Å². The molecule has 2 N–H and O–H groups in total. The fourth-order valence-corrected chi connectivity index (χ4v) is 1.60. The van der Waals surface area contributed by atoms with Gasteiger partial charge in [0.2, 0.25) is 0 Å². The van der Waals surface area contributed by atoms with Gasteiger partial charge in [0.25, 0.3) is 0 Å². The number of nitrogen functional groups attached to an aromatic ring is 1. The van der Waals surface area contributed by atoms with Crippen molar-refractivity contribution >= 4 is 5.82 Å². The van der Waals surface area contributed by atoms with Crippen LogP contribution in [0.3, 0.4) is 0 Å². The van der Waals surface area contributed by atoms with Crippen LogP contribution in [0.4, 0.5) is 5.82 Å². The SMILES string of the molecule is Cc1cccc(Cn2ncc(C)c2N)c1. The van der Waals surface area contributed by atoms with E-state index in [-0.39, 0.29) is 0 Å². The molecule has 78 valence electrons. The van der Waals surface area contributed by atoms with E-state index in [1.54, 1.807) is 6.20 Å². The third kappa shape index (κ3) is 2.01. The van der Waals surface area contributed by atoms with Crippen LogP contribution in [0.2, 0.25) is 0 Å². The Morgan fingerprint density at radius 1 is 1.33 bits per heavy atom. The van der Waals surface area contributed by atoms with Crippen LogP contribution >= 0.6 is 0 Å². The Morgan fingerprint density at radius 2 is 2.13 bits per heavy atom. The summed E-state index contributed by atoms with van der Waals surface area (Å²) in [6.07, 6.45) is 1.80. The summed E-state index contributed by atoms with van der Waals surface area (Å²) in [5.41, 5.74) is 9.41. The number of anilines is 1. The molecule has 1 heterocycles. The van der Waals surface area contributed by atoms with E-state index in [1.165, 1.54) is 11.1 Å². The molecular weight excluding hydrogens is 186 g/mol. The second-order valence-electron chi connectivity index (χ2n) is 3.86. The minimum absolute atomic E-state index is 0.737. The van der Waals surface area contributed by atoms with Gasteiger partial charge in [-0.25, -0.2) is 4.68 Å². The van der Waals surface area contributed by atoms with Gasteiger partial charge in [-0.05, 0) is 19.4 Å². The van der Waals surface area contributed by atoms with Crippen molar-refractivity contribution < 1.29 is 0 Å². The molecule has 0 amide bonds. The van der Waals surface area contributed by atoms with Crippen LogP contribution in [0.1, 0.15) is 16.7 Å². The predicted molar refractivity (Wildman–Crippen MR) is 61.7 cm³/mol. The fourth-order valence-electron chi connectivity index (χ4n) is 1.60. The van der Waals surface area contributed by atoms with Crippen LogP contribution < -0.4 is 5.73 Å². The van der Waals surface area contributed by atoms with Crippen molar-refractivity contribution in [2.24, 2.45) is 0 Å². The standard InChI is InChI=1S/C12H15N3/c1-9-4-3-5-11(6-9)8-15-12(13)10(2)7-14-15/h3-7H,8,13H2,1-2H3. The maximum atomic E-state index is 5.89. The van der Waals surface area contributed by atoms with Crippen LogP contribution in [-0.4, -0.2) is 9.78 Å². The molecule has 0 radical (unpaired) electrons. The molecule has 0 aliphatic carbocycles. The molecule has 1 aromatic heterocycles.